The number of rotatable bonds is 6. The first-order valence-corrected chi connectivity index (χ1v) is 8.05. The Labute approximate surface area is 118 Å². The Morgan fingerprint density at radius 3 is 2.58 bits per heavy atom. The molecule has 19 heavy (non-hydrogen) atoms. The highest BCUT2D eigenvalue weighted by atomic mass is 16.5. The molecule has 3 nitrogen and oxygen atoms in total. The number of ether oxygens (including phenoxy) is 2. The smallest absolute Gasteiger partial charge is 0.0708 e. The van der Waals surface area contributed by atoms with Crippen molar-refractivity contribution in [3.63, 3.8) is 0 Å². The first kappa shape index (κ1) is 15.3. The maximum absolute atomic E-state index is 6.39. The molecule has 0 amide bonds. The van der Waals surface area contributed by atoms with Crippen LogP contribution in [-0.2, 0) is 9.47 Å². The molecule has 0 aromatic carbocycles. The summed E-state index contributed by atoms with van der Waals surface area (Å²) in [6.07, 6.45) is 9.61. The van der Waals surface area contributed by atoms with Gasteiger partial charge in [-0.05, 0) is 31.6 Å². The largest absolute Gasteiger partial charge is 0.383 e. The quantitative estimate of drug-likeness (QED) is 0.803. The van der Waals surface area contributed by atoms with Crippen LogP contribution in [0.3, 0.4) is 0 Å². The Hall–Kier alpha value is -0.120. The highest BCUT2D eigenvalue weighted by Gasteiger charge is 2.40. The van der Waals surface area contributed by atoms with Crippen molar-refractivity contribution in [2.45, 2.75) is 76.5 Å². The predicted octanol–water partition coefficient (Wildman–Crippen LogP) is 3.13. The van der Waals surface area contributed by atoms with Crippen LogP contribution in [0.25, 0.3) is 0 Å². The highest BCUT2D eigenvalue weighted by molar-refractivity contribution is 4.92. The molecule has 0 aromatic rings. The summed E-state index contributed by atoms with van der Waals surface area (Å²) < 4.78 is 11.7. The lowest BCUT2D eigenvalue weighted by Gasteiger charge is -2.33. The van der Waals surface area contributed by atoms with E-state index in [0.717, 1.165) is 13.2 Å². The lowest BCUT2D eigenvalue weighted by molar-refractivity contribution is -0.0637. The topological polar surface area (TPSA) is 30.5 Å². The first-order valence-electron chi connectivity index (χ1n) is 8.05. The zero-order valence-electron chi connectivity index (χ0n) is 12.9. The highest BCUT2D eigenvalue weighted by Crippen LogP contribution is 2.41. The summed E-state index contributed by atoms with van der Waals surface area (Å²) in [4.78, 5) is 0. The minimum Gasteiger partial charge on any atom is -0.383 e. The summed E-state index contributed by atoms with van der Waals surface area (Å²) in [5.74, 6) is 0.602. The minimum atomic E-state index is 0.249. The molecule has 2 atom stereocenters. The fourth-order valence-corrected chi connectivity index (χ4v) is 3.55. The predicted molar refractivity (Wildman–Crippen MR) is 78.4 cm³/mol. The van der Waals surface area contributed by atoms with Crippen LogP contribution in [0.1, 0.15) is 58.8 Å². The van der Waals surface area contributed by atoms with Gasteiger partial charge in [0.1, 0.15) is 0 Å². The van der Waals surface area contributed by atoms with E-state index in [1.54, 1.807) is 7.11 Å². The molecule has 2 aliphatic rings. The second kappa shape index (κ2) is 7.05. The van der Waals surface area contributed by atoms with Crippen LogP contribution in [0.2, 0.25) is 0 Å². The lowest BCUT2D eigenvalue weighted by Crippen LogP contribution is -2.42. The van der Waals surface area contributed by atoms with Gasteiger partial charge < -0.3 is 14.8 Å². The molecule has 1 spiro atoms. The maximum Gasteiger partial charge on any atom is 0.0708 e. The molecule has 2 fully saturated rings. The van der Waals surface area contributed by atoms with Crippen LogP contribution in [0.4, 0.5) is 0 Å². The van der Waals surface area contributed by atoms with E-state index < -0.39 is 0 Å². The molecule has 3 heteroatoms. The van der Waals surface area contributed by atoms with Gasteiger partial charge in [-0.1, -0.05) is 33.1 Å². The van der Waals surface area contributed by atoms with Gasteiger partial charge in [0.05, 0.1) is 18.3 Å². The monoisotopic (exact) mass is 269 g/mol. The van der Waals surface area contributed by atoms with Crippen LogP contribution in [0, 0.1) is 5.92 Å². The van der Waals surface area contributed by atoms with Crippen LogP contribution < -0.4 is 5.32 Å². The fraction of sp³-hybridized carbons (Fsp3) is 1.00. The van der Waals surface area contributed by atoms with Crippen molar-refractivity contribution < 1.29 is 9.47 Å². The van der Waals surface area contributed by atoms with Crippen molar-refractivity contribution in [2.24, 2.45) is 5.92 Å². The number of hydrogen-bond donors (Lipinski definition) is 1. The second-order valence-corrected chi connectivity index (χ2v) is 6.74. The molecule has 2 unspecified atom stereocenters. The molecule has 2 rings (SSSR count). The van der Waals surface area contributed by atoms with Crippen LogP contribution in [0.5, 0.6) is 0 Å². The Morgan fingerprint density at radius 2 is 1.95 bits per heavy atom. The van der Waals surface area contributed by atoms with Crippen molar-refractivity contribution in [3.8, 4) is 0 Å². The van der Waals surface area contributed by atoms with E-state index in [4.69, 9.17) is 9.47 Å². The zero-order valence-corrected chi connectivity index (χ0v) is 12.9. The SMILES string of the molecule is COCC(NCC1CCC2(CCCCC2)O1)C(C)C. The molecule has 1 aliphatic carbocycles. The Balaban J connectivity index is 1.75. The standard InChI is InChI=1S/C16H31NO2/c1-13(2)15(12-18-3)17-11-14-7-10-16(19-14)8-5-4-6-9-16/h13-15,17H,4-12H2,1-3H3. The normalized spacial score (nSPS) is 28.1. The van der Waals surface area contributed by atoms with Gasteiger partial charge in [0.2, 0.25) is 0 Å². The van der Waals surface area contributed by atoms with Gasteiger partial charge in [-0.3, -0.25) is 0 Å². The van der Waals surface area contributed by atoms with Crippen molar-refractivity contribution >= 4 is 0 Å². The molecular formula is C16H31NO2. The minimum absolute atomic E-state index is 0.249. The number of hydrogen-bond acceptors (Lipinski definition) is 3. The zero-order chi connectivity index (χ0) is 13.7. The molecule has 1 N–H and O–H groups in total. The molecule has 1 aliphatic heterocycles. The Bertz CT molecular complexity index is 261. The third-order valence-electron chi connectivity index (χ3n) is 4.86. The van der Waals surface area contributed by atoms with Gasteiger partial charge in [-0.25, -0.2) is 0 Å². The Morgan fingerprint density at radius 1 is 1.21 bits per heavy atom. The summed E-state index contributed by atoms with van der Waals surface area (Å²) >= 11 is 0. The van der Waals surface area contributed by atoms with Crippen molar-refractivity contribution in [1.29, 1.82) is 0 Å². The van der Waals surface area contributed by atoms with Gasteiger partial charge in [0, 0.05) is 19.7 Å². The average molecular weight is 269 g/mol. The van der Waals surface area contributed by atoms with Gasteiger partial charge >= 0.3 is 0 Å². The van der Waals surface area contributed by atoms with Gasteiger partial charge in [0.25, 0.3) is 0 Å². The van der Waals surface area contributed by atoms with E-state index >= 15 is 0 Å². The van der Waals surface area contributed by atoms with E-state index in [1.807, 2.05) is 0 Å². The molecule has 112 valence electrons. The lowest BCUT2D eigenvalue weighted by atomic mass is 9.83. The maximum atomic E-state index is 6.39. The van der Waals surface area contributed by atoms with E-state index in [-0.39, 0.29) is 5.60 Å². The van der Waals surface area contributed by atoms with Gasteiger partial charge in [0.15, 0.2) is 0 Å². The third kappa shape index (κ3) is 4.17. The molecule has 0 radical (unpaired) electrons. The van der Waals surface area contributed by atoms with Crippen molar-refractivity contribution in [1.82, 2.24) is 5.32 Å². The molecule has 0 aromatic heterocycles. The van der Waals surface area contributed by atoms with Crippen molar-refractivity contribution in [2.75, 3.05) is 20.3 Å². The number of nitrogens with one attached hydrogen (secondary N) is 1. The summed E-state index contributed by atoms with van der Waals surface area (Å²) in [5.41, 5.74) is 0.249. The molecule has 0 bridgehead atoms. The summed E-state index contributed by atoms with van der Waals surface area (Å²) in [6, 6.07) is 0.441. The third-order valence-corrected chi connectivity index (χ3v) is 4.86. The van der Waals surface area contributed by atoms with Crippen LogP contribution >= 0.6 is 0 Å². The van der Waals surface area contributed by atoms with Crippen LogP contribution in [0.15, 0.2) is 0 Å². The molecule has 1 heterocycles. The van der Waals surface area contributed by atoms with E-state index in [9.17, 15) is 0 Å². The summed E-state index contributed by atoms with van der Waals surface area (Å²) in [5, 5.41) is 3.63. The van der Waals surface area contributed by atoms with E-state index in [1.165, 1.54) is 44.9 Å². The van der Waals surface area contributed by atoms with Gasteiger partial charge in [-0.15, -0.1) is 0 Å². The molecule has 1 saturated carbocycles. The van der Waals surface area contributed by atoms with E-state index in [2.05, 4.69) is 19.2 Å². The van der Waals surface area contributed by atoms with E-state index in [0.29, 0.717) is 18.1 Å². The van der Waals surface area contributed by atoms with Crippen LogP contribution in [-0.4, -0.2) is 38.0 Å². The Kier molecular flexibility index (Phi) is 5.67. The summed E-state index contributed by atoms with van der Waals surface area (Å²) in [6.45, 7) is 6.26. The second-order valence-electron chi connectivity index (χ2n) is 6.74. The molecular weight excluding hydrogens is 238 g/mol. The fourth-order valence-electron chi connectivity index (χ4n) is 3.55. The molecule has 1 saturated heterocycles. The average Bonchev–Trinajstić information content (AvgIpc) is 2.78. The van der Waals surface area contributed by atoms with Gasteiger partial charge in [-0.2, -0.15) is 0 Å². The summed E-state index contributed by atoms with van der Waals surface area (Å²) in [7, 11) is 1.78. The first-order chi connectivity index (χ1) is 9.15. The number of methoxy groups -OCH3 is 1. The van der Waals surface area contributed by atoms with Crippen molar-refractivity contribution in [3.05, 3.63) is 0 Å².